The maximum absolute atomic E-state index is 2.48. The van der Waals surface area contributed by atoms with Crippen molar-refractivity contribution in [3.63, 3.8) is 0 Å². The van der Waals surface area contributed by atoms with Crippen molar-refractivity contribution < 1.29 is 0 Å². The molecule has 0 amide bonds. The summed E-state index contributed by atoms with van der Waals surface area (Å²) in [4.78, 5) is 0. The van der Waals surface area contributed by atoms with E-state index >= 15 is 0 Å². The highest BCUT2D eigenvalue weighted by atomic mass is 31.1. The summed E-state index contributed by atoms with van der Waals surface area (Å²) >= 11 is 0. The van der Waals surface area contributed by atoms with Crippen LogP contribution in [0.25, 0.3) is 27.5 Å². The van der Waals surface area contributed by atoms with Gasteiger partial charge in [-0.1, -0.05) is 115 Å². The minimum Gasteiger partial charge on any atom is -0.0841 e. The quantitative estimate of drug-likeness (QED) is 0.231. The van der Waals surface area contributed by atoms with Crippen LogP contribution in [0.2, 0.25) is 0 Å². The normalized spacial score (nSPS) is 13.1. The lowest BCUT2D eigenvalue weighted by Gasteiger charge is -2.25. The first kappa shape index (κ1) is 22.0. The van der Waals surface area contributed by atoms with Gasteiger partial charge in [-0.3, -0.25) is 0 Å². The molecule has 0 spiro atoms. The van der Waals surface area contributed by atoms with Crippen molar-refractivity contribution in [3.05, 3.63) is 132 Å². The predicted molar refractivity (Wildman–Crippen MR) is 155 cm³/mol. The average Bonchev–Trinajstić information content (AvgIpc) is 3.34. The fraction of sp³-hybridized carbons (Fsp3) is 0.118. The third-order valence-electron chi connectivity index (χ3n) is 7.29. The van der Waals surface area contributed by atoms with Crippen LogP contribution < -0.4 is 15.9 Å². The molecule has 6 rings (SSSR count). The largest absolute Gasteiger partial charge is 0.0841 e. The Morgan fingerprint density at radius 3 is 2.00 bits per heavy atom. The molecule has 0 aromatic heterocycles. The second kappa shape index (κ2) is 9.29. The molecule has 0 atom stereocenters. The lowest BCUT2D eigenvalue weighted by atomic mass is 9.88. The highest BCUT2D eigenvalue weighted by Gasteiger charge is 2.25. The molecule has 0 N–H and O–H groups in total. The first-order chi connectivity index (χ1) is 17.3. The van der Waals surface area contributed by atoms with Gasteiger partial charge in [-0.25, -0.2) is 0 Å². The highest BCUT2D eigenvalue weighted by Crippen LogP contribution is 2.44. The molecule has 170 valence electrons. The summed E-state index contributed by atoms with van der Waals surface area (Å²) in [6, 6.07) is 40.6. The van der Waals surface area contributed by atoms with E-state index in [1.807, 2.05) is 0 Å². The summed E-state index contributed by atoms with van der Waals surface area (Å²) in [5.41, 5.74) is 8.46. The van der Waals surface area contributed by atoms with Gasteiger partial charge in [-0.05, 0) is 94.7 Å². The van der Waals surface area contributed by atoms with E-state index in [9.17, 15) is 0 Å². The van der Waals surface area contributed by atoms with Crippen LogP contribution in [0.3, 0.4) is 0 Å². The Bertz CT molecular complexity index is 1510. The minimum absolute atomic E-state index is 0.701. The van der Waals surface area contributed by atoms with Crippen LogP contribution in [0.4, 0.5) is 0 Å². The molecule has 0 unspecified atom stereocenters. The Labute approximate surface area is 209 Å². The van der Waals surface area contributed by atoms with Gasteiger partial charge in [-0.2, -0.15) is 0 Å². The Morgan fingerprint density at radius 1 is 0.686 bits per heavy atom. The number of hydrogen-bond acceptors (Lipinski definition) is 0. The fourth-order valence-electron chi connectivity index (χ4n) is 5.54. The third-order valence-corrected chi connectivity index (χ3v) is 9.79. The van der Waals surface area contributed by atoms with Crippen molar-refractivity contribution >= 4 is 40.2 Å². The van der Waals surface area contributed by atoms with Gasteiger partial charge in [0.25, 0.3) is 0 Å². The van der Waals surface area contributed by atoms with Crippen molar-refractivity contribution in [2.24, 2.45) is 0 Å². The van der Waals surface area contributed by atoms with Gasteiger partial charge in [0, 0.05) is 0 Å². The highest BCUT2D eigenvalue weighted by molar-refractivity contribution is 7.80. The van der Waals surface area contributed by atoms with E-state index in [0.29, 0.717) is 0 Å². The number of aryl methyl sites for hydroxylation is 2. The van der Waals surface area contributed by atoms with Gasteiger partial charge >= 0.3 is 0 Å². The van der Waals surface area contributed by atoms with E-state index in [1.165, 1.54) is 60.1 Å². The summed E-state index contributed by atoms with van der Waals surface area (Å²) in [6.07, 6.45) is 4.55. The first-order valence-electron chi connectivity index (χ1n) is 12.5. The van der Waals surface area contributed by atoms with Gasteiger partial charge < -0.3 is 0 Å². The molecular formula is C34H29P. The van der Waals surface area contributed by atoms with Crippen LogP contribution in [-0.2, 0) is 12.8 Å². The molecule has 0 aliphatic heterocycles. The Balaban J connectivity index is 1.70. The molecule has 1 aliphatic rings. The third kappa shape index (κ3) is 3.83. The lowest BCUT2D eigenvalue weighted by molar-refractivity contribution is 1.02. The summed E-state index contributed by atoms with van der Waals surface area (Å²) in [5.74, 6) is 0. The fourth-order valence-corrected chi connectivity index (χ4v) is 8.00. The van der Waals surface area contributed by atoms with Crippen LogP contribution in [0.5, 0.6) is 0 Å². The molecule has 0 fully saturated rings. The summed E-state index contributed by atoms with van der Waals surface area (Å²) < 4.78 is 0. The molecule has 1 aliphatic carbocycles. The molecule has 0 heterocycles. The summed E-state index contributed by atoms with van der Waals surface area (Å²) in [6.45, 7) is 4.42. The van der Waals surface area contributed by atoms with E-state index in [0.717, 1.165) is 12.8 Å². The molecule has 1 heteroatoms. The van der Waals surface area contributed by atoms with Crippen LogP contribution in [-0.4, -0.2) is 0 Å². The maximum atomic E-state index is 2.48. The molecule has 5 aromatic rings. The van der Waals surface area contributed by atoms with Crippen LogP contribution in [0.1, 0.15) is 30.5 Å². The molecule has 0 bridgehead atoms. The number of hydrogen-bond donors (Lipinski definition) is 0. The molecule has 35 heavy (non-hydrogen) atoms. The zero-order valence-electron chi connectivity index (χ0n) is 20.3. The zero-order valence-corrected chi connectivity index (χ0v) is 21.2. The van der Waals surface area contributed by atoms with Crippen molar-refractivity contribution in [2.75, 3.05) is 0 Å². The molecule has 0 radical (unpaired) electrons. The zero-order chi connectivity index (χ0) is 23.8. The number of allylic oxidation sites excluding steroid dienone is 2. The minimum atomic E-state index is -0.701. The summed E-state index contributed by atoms with van der Waals surface area (Å²) in [5, 5.41) is 7.07. The van der Waals surface area contributed by atoms with Crippen LogP contribution >= 0.6 is 7.92 Å². The van der Waals surface area contributed by atoms with Crippen molar-refractivity contribution in [3.8, 4) is 11.1 Å². The Kier molecular flexibility index (Phi) is 5.85. The van der Waals surface area contributed by atoms with E-state index in [1.54, 1.807) is 0 Å². The second-order valence-corrected chi connectivity index (χ2v) is 11.5. The topological polar surface area (TPSA) is 0 Å². The number of benzene rings is 5. The van der Waals surface area contributed by atoms with Gasteiger partial charge in [0.2, 0.25) is 0 Å². The maximum Gasteiger partial charge on any atom is -0.00233 e. The molecule has 0 nitrogen and oxygen atoms in total. The van der Waals surface area contributed by atoms with Crippen LogP contribution in [0, 0.1) is 0 Å². The van der Waals surface area contributed by atoms with E-state index < -0.39 is 7.92 Å². The van der Waals surface area contributed by atoms with Gasteiger partial charge in [0.05, 0.1) is 0 Å². The number of rotatable bonds is 5. The van der Waals surface area contributed by atoms with E-state index in [-0.39, 0.29) is 0 Å². The van der Waals surface area contributed by atoms with Crippen molar-refractivity contribution in [2.45, 2.75) is 26.7 Å². The monoisotopic (exact) mass is 468 g/mol. The second-order valence-electron chi connectivity index (χ2n) is 9.29. The lowest BCUT2D eigenvalue weighted by Crippen LogP contribution is -2.22. The van der Waals surface area contributed by atoms with E-state index in [4.69, 9.17) is 0 Å². The molecule has 0 saturated carbocycles. The standard InChI is InChI=1S/C34H29P/c1-3-24(2)31-23-26-22-21-25-13-12-19-30(33(25)26)34(31)29-18-10-11-20-32(29)35(27-14-6-4-7-15-27)28-16-8-5-9-17-28/h3-20,23H,21-22H2,1-2H3/b24-3+. The Hall–Kier alpha value is -3.47. The van der Waals surface area contributed by atoms with Gasteiger partial charge in [-0.15, -0.1) is 0 Å². The molecule has 0 saturated heterocycles. The van der Waals surface area contributed by atoms with Crippen LogP contribution in [0.15, 0.2) is 115 Å². The van der Waals surface area contributed by atoms with Gasteiger partial charge in [0.15, 0.2) is 0 Å². The first-order valence-corrected chi connectivity index (χ1v) is 13.8. The molecule has 5 aromatic carbocycles. The average molecular weight is 469 g/mol. The smallest absolute Gasteiger partial charge is 0.00233 e. The van der Waals surface area contributed by atoms with Crippen molar-refractivity contribution in [1.29, 1.82) is 0 Å². The predicted octanol–water partition coefficient (Wildman–Crippen LogP) is 7.79. The molecular weight excluding hydrogens is 439 g/mol. The van der Waals surface area contributed by atoms with Crippen molar-refractivity contribution in [1.82, 2.24) is 0 Å². The van der Waals surface area contributed by atoms with Gasteiger partial charge in [0.1, 0.15) is 0 Å². The SMILES string of the molecule is C/C=C(\C)c1cc2c3c(cccc3c1-c1ccccc1P(c1ccccc1)c1ccccc1)CC2. The van der Waals surface area contributed by atoms with E-state index in [2.05, 4.69) is 129 Å². The summed E-state index contributed by atoms with van der Waals surface area (Å²) in [7, 11) is -0.701. The Morgan fingerprint density at radius 2 is 1.31 bits per heavy atom.